The second kappa shape index (κ2) is 36.5. The molecule has 18 N–H and O–H groups in total. The number of carbonyl (C=O) groups is 11. The summed E-state index contributed by atoms with van der Waals surface area (Å²) in [4.78, 5) is 144. The van der Waals surface area contributed by atoms with E-state index in [0.717, 1.165) is 5.56 Å². The van der Waals surface area contributed by atoms with Crippen molar-refractivity contribution in [1.29, 1.82) is 0 Å². The number of carbonyl (C=O) groups excluding carboxylic acids is 9. The maximum Gasteiger partial charge on any atom is 0.326 e. The molecule has 1 aromatic carbocycles. The van der Waals surface area contributed by atoms with Crippen LogP contribution in [-0.4, -0.2) is 167 Å². The molecular formula is C49H82N12O14S. The van der Waals surface area contributed by atoms with E-state index in [1.165, 1.54) is 6.92 Å². The van der Waals surface area contributed by atoms with E-state index in [-0.39, 0.29) is 43.9 Å². The molecule has 10 atom stereocenters. The van der Waals surface area contributed by atoms with Gasteiger partial charge in [0.15, 0.2) is 0 Å². The van der Waals surface area contributed by atoms with Crippen molar-refractivity contribution < 1.29 is 68.1 Å². The van der Waals surface area contributed by atoms with Crippen LogP contribution in [0.2, 0.25) is 0 Å². The van der Waals surface area contributed by atoms with Gasteiger partial charge in [0.25, 0.3) is 0 Å². The lowest BCUT2D eigenvalue weighted by molar-refractivity contribution is -0.142. The molecule has 76 heavy (non-hydrogen) atoms. The molecule has 0 spiro atoms. The summed E-state index contributed by atoms with van der Waals surface area (Å²) in [5.41, 5.74) is 18.1. The lowest BCUT2D eigenvalue weighted by Gasteiger charge is -2.28. The van der Waals surface area contributed by atoms with Crippen molar-refractivity contribution in [2.45, 2.75) is 160 Å². The predicted molar refractivity (Wildman–Crippen MR) is 282 cm³/mol. The molecule has 0 bridgehead atoms. The van der Waals surface area contributed by atoms with Gasteiger partial charge >= 0.3 is 11.9 Å². The van der Waals surface area contributed by atoms with Crippen LogP contribution in [0.5, 0.6) is 0 Å². The third-order valence-electron chi connectivity index (χ3n) is 12.0. The monoisotopic (exact) mass is 1090 g/mol. The summed E-state index contributed by atoms with van der Waals surface area (Å²) in [7, 11) is 0. The average Bonchev–Trinajstić information content (AvgIpc) is 3.37. The van der Waals surface area contributed by atoms with Crippen molar-refractivity contribution in [1.82, 2.24) is 47.9 Å². The van der Waals surface area contributed by atoms with Crippen molar-refractivity contribution in [3.05, 3.63) is 35.9 Å². The molecule has 1 aromatic rings. The Labute approximate surface area is 448 Å². The zero-order valence-corrected chi connectivity index (χ0v) is 45.0. The Bertz CT molecular complexity index is 2070. The molecule has 27 heteroatoms. The average molecular weight is 1100 g/mol. The van der Waals surface area contributed by atoms with Crippen molar-refractivity contribution in [2.75, 3.05) is 32.0 Å². The zero-order valence-electron chi connectivity index (χ0n) is 44.1. The first-order chi connectivity index (χ1) is 35.9. The SMILES string of the molecule is CC[C@H](C)[C@H](NC(=O)[C@@H](N)Cc1ccccc1)C(=O)N[C@@H](CO)C(=O)N[C@@H](CC(C)C)C(=O)NCC(=O)N[C@@H](CCC(=O)O)C(=O)N[C@@H](C)C(=O)N[C@@H](CS)C(=O)N[C@@H](CCCCN)C(=O)N[C@@H](CCCCN)C(=O)O. The van der Waals surface area contributed by atoms with Crippen molar-refractivity contribution in [3.63, 3.8) is 0 Å². The van der Waals surface area contributed by atoms with Gasteiger partial charge in [0, 0.05) is 12.2 Å². The number of amides is 9. The number of unbranched alkanes of at least 4 members (excludes halogenated alkanes) is 2. The Morgan fingerprint density at radius 1 is 0.579 bits per heavy atom. The molecular weight excluding hydrogens is 1010 g/mol. The quantitative estimate of drug-likeness (QED) is 0.0229. The van der Waals surface area contributed by atoms with Crippen LogP contribution in [0.3, 0.4) is 0 Å². The van der Waals surface area contributed by atoms with E-state index in [1.54, 1.807) is 52.0 Å². The number of hydrogen-bond donors (Lipinski definition) is 16. The molecule has 9 amide bonds. The van der Waals surface area contributed by atoms with Gasteiger partial charge in [-0.3, -0.25) is 47.9 Å². The number of aliphatic hydroxyl groups excluding tert-OH is 1. The maximum atomic E-state index is 13.5. The van der Waals surface area contributed by atoms with Gasteiger partial charge in [0.2, 0.25) is 53.2 Å². The van der Waals surface area contributed by atoms with Gasteiger partial charge in [-0.15, -0.1) is 0 Å². The van der Waals surface area contributed by atoms with Gasteiger partial charge in [-0.2, -0.15) is 12.6 Å². The standard InChI is InChI=1S/C49H82N12O14S/c1-6-28(4)40(61-42(67)31(52)23-30-14-8-7-9-15-30)48(73)59-36(25-62)46(71)58-35(22-27(2)3)43(68)53-24-38(63)55-33(18-19-39(64)65)44(69)54-29(5)41(66)60-37(26-76)47(72)56-32(16-10-12-20-50)45(70)57-34(49(74)75)17-11-13-21-51/h7-9,14-15,27-29,31-37,40,62,76H,6,10-13,16-26,50-52H2,1-5H3,(H,53,68)(H,54,69)(H,55,63)(H,56,72)(H,57,70)(H,58,71)(H,59,73)(H,60,66)(H,61,67)(H,64,65)(H,74,75)/t28-,29-,31-,32-,33-,34-,35-,36-,37-,40-/m0/s1. The zero-order chi connectivity index (χ0) is 57.5. The van der Waals surface area contributed by atoms with Crippen LogP contribution in [0.4, 0.5) is 0 Å². The predicted octanol–water partition coefficient (Wildman–Crippen LogP) is -3.21. The molecule has 0 aliphatic carbocycles. The lowest BCUT2D eigenvalue weighted by Crippen LogP contribution is -2.60. The first-order valence-corrected chi connectivity index (χ1v) is 26.1. The van der Waals surface area contributed by atoms with Crippen LogP contribution < -0.4 is 65.1 Å². The molecule has 0 aliphatic heterocycles. The van der Waals surface area contributed by atoms with Gasteiger partial charge in [-0.1, -0.05) is 64.4 Å². The van der Waals surface area contributed by atoms with Crippen molar-refractivity contribution in [3.8, 4) is 0 Å². The van der Waals surface area contributed by atoms with Crippen LogP contribution in [0.25, 0.3) is 0 Å². The first kappa shape index (κ1) is 67.6. The van der Waals surface area contributed by atoms with E-state index in [0.29, 0.717) is 38.6 Å². The Balaban J connectivity index is 3.05. The minimum atomic E-state index is -1.59. The molecule has 0 radical (unpaired) electrons. The van der Waals surface area contributed by atoms with Gasteiger partial charge in [0.1, 0.15) is 48.3 Å². The van der Waals surface area contributed by atoms with Gasteiger partial charge in [-0.05, 0) is 95.2 Å². The number of nitrogens with two attached hydrogens (primary N) is 3. The molecule has 0 unspecified atom stereocenters. The summed E-state index contributed by atoms with van der Waals surface area (Å²) in [6.45, 7) is 7.13. The Kier molecular flexibility index (Phi) is 32.5. The highest BCUT2D eigenvalue weighted by molar-refractivity contribution is 7.80. The maximum absolute atomic E-state index is 13.5. The Morgan fingerprint density at radius 2 is 1.09 bits per heavy atom. The topological polar surface area (TPSA) is 435 Å². The van der Waals surface area contributed by atoms with Crippen LogP contribution >= 0.6 is 12.6 Å². The van der Waals surface area contributed by atoms with E-state index in [1.807, 2.05) is 6.07 Å². The van der Waals surface area contributed by atoms with Gasteiger partial charge in [-0.25, -0.2) is 4.79 Å². The molecule has 0 aliphatic rings. The smallest absolute Gasteiger partial charge is 0.326 e. The number of nitrogens with one attached hydrogen (secondary N) is 9. The summed E-state index contributed by atoms with van der Waals surface area (Å²) < 4.78 is 0. The molecule has 1 rings (SSSR count). The van der Waals surface area contributed by atoms with Crippen LogP contribution in [-0.2, 0) is 59.2 Å². The van der Waals surface area contributed by atoms with E-state index in [4.69, 9.17) is 17.2 Å². The fraction of sp³-hybridized carbons (Fsp3) is 0.653. The highest BCUT2D eigenvalue weighted by atomic mass is 32.1. The molecule has 0 aromatic heterocycles. The second-order valence-electron chi connectivity index (χ2n) is 18.9. The first-order valence-electron chi connectivity index (χ1n) is 25.5. The molecule has 26 nitrogen and oxygen atoms in total. The summed E-state index contributed by atoms with van der Waals surface area (Å²) in [5, 5.41) is 51.2. The van der Waals surface area contributed by atoms with Crippen LogP contribution in [0, 0.1) is 11.8 Å². The summed E-state index contributed by atoms with van der Waals surface area (Å²) >= 11 is 4.16. The number of carboxylic acid groups (broad SMARTS) is 2. The number of carboxylic acids is 2. The third-order valence-corrected chi connectivity index (χ3v) is 12.4. The second-order valence-corrected chi connectivity index (χ2v) is 19.2. The van der Waals surface area contributed by atoms with E-state index < -0.39 is 151 Å². The molecule has 0 saturated carbocycles. The molecule has 0 heterocycles. The van der Waals surface area contributed by atoms with E-state index in [2.05, 4.69) is 60.5 Å². The summed E-state index contributed by atoms with van der Waals surface area (Å²) in [6.07, 6.45) is 1.54. The number of hydrogen-bond acceptors (Lipinski definition) is 16. The normalized spacial score (nSPS) is 15.0. The summed E-state index contributed by atoms with van der Waals surface area (Å²) in [5.74, 6) is -11.4. The van der Waals surface area contributed by atoms with Crippen molar-refractivity contribution >= 4 is 77.7 Å². The van der Waals surface area contributed by atoms with Gasteiger partial charge < -0.3 is 80.4 Å². The molecule has 0 fully saturated rings. The minimum Gasteiger partial charge on any atom is -0.481 e. The van der Waals surface area contributed by atoms with E-state index >= 15 is 0 Å². The number of thiol groups is 1. The molecule has 0 saturated heterocycles. The lowest BCUT2D eigenvalue weighted by atomic mass is 9.97. The fourth-order valence-corrected chi connectivity index (χ4v) is 7.61. The van der Waals surface area contributed by atoms with Gasteiger partial charge in [0.05, 0.1) is 19.2 Å². The molecule has 428 valence electrons. The Hall–Kier alpha value is -6.42. The van der Waals surface area contributed by atoms with Crippen LogP contribution in [0.1, 0.15) is 104 Å². The minimum absolute atomic E-state index is 0.0172. The number of aliphatic carboxylic acids is 2. The van der Waals surface area contributed by atoms with Crippen LogP contribution in [0.15, 0.2) is 30.3 Å². The highest BCUT2D eigenvalue weighted by Gasteiger charge is 2.34. The van der Waals surface area contributed by atoms with Crippen molar-refractivity contribution in [2.24, 2.45) is 29.0 Å². The third kappa shape index (κ3) is 25.9. The fourth-order valence-electron chi connectivity index (χ4n) is 7.35. The largest absolute Gasteiger partial charge is 0.481 e. The number of benzene rings is 1. The number of aliphatic hydroxyl groups is 1. The number of rotatable bonds is 38. The highest BCUT2D eigenvalue weighted by Crippen LogP contribution is 2.12. The Morgan fingerprint density at radius 3 is 1.63 bits per heavy atom. The summed E-state index contributed by atoms with van der Waals surface area (Å²) in [6, 6.07) is -2.89. The van der Waals surface area contributed by atoms with E-state index in [9.17, 15) is 68.1 Å².